The van der Waals surface area contributed by atoms with Crippen LogP contribution >= 0.6 is 0 Å². The molecule has 1 atom stereocenters. The molecule has 1 aliphatic rings. The number of carbonyl (C=O) groups excluding carboxylic acids is 2. The number of hydrogen-bond donors (Lipinski definition) is 0. The zero-order valence-corrected chi connectivity index (χ0v) is 18.6. The van der Waals surface area contributed by atoms with Gasteiger partial charge < -0.3 is 18.9 Å². The molecule has 0 spiro atoms. The Balaban J connectivity index is 1.71. The van der Waals surface area contributed by atoms with Crippen molar-refractivity contribution >= 4 is 11.8 Å². The molecule has 1 aromatic carbocycles. The number of nitrogens with zero attached hydrogens (tertiary/aromatic N) is 5. The molecule has 2 amide bonds. The highest BCUT2D eigenvalue weighted by Crippen LogP contribution is 2.24. The maximum atomic E-state index is 13.3. The maximum absolute atomic E-state index is 13.3. The third kappa shape index (κ3) is 4.08. The first-order valence-electron chi connectivity index (χ1n) is 10.6. The number of carbonyl (C=O) groups is 2. The van der Waals surface area contributed by atoms with Gasteiger partial charge in [-0.15, -0.1) is 0 Å². The van der Waals surface area contributed by atoms with E-state index in [9.17, 15) is 14.4 Å². The van der Waals surface area contributed by atoms with Gasteiger partial charge in [-0.1, -0.05) is 30.3 Å². The summed E-state index contributed by atoms with van der Waals surface area (Å²) in [7, 11) is 3.29. The summed E-state index contributed by atoms with van der Waals surface area (Å²) in [6, 6.07) is 9.28. The van der Waals surface area contributed by atoms with Crippen LogP contribution in [0.3, 0.4) is 0 Å². The fourth-order valence-electron chi connectivity index (χ4n) is 4.13. The number of rotatable bonds is 5. The summed E-state index contributed by atoms with van der Waals surface area (Å²) in [5.41, 5.74) is 2.46. The Morgan fingerprint density at radius 1 is 1.19 bits per heavy atom. The minimum absolute atomic E-state index is 0.0186. The second kappa shape index (κ2) is 8.82. The molecule has 3 aromatic rings. The Bertz CT molecular complexity index is 1180. The highest BCUT2D eigenvalue weighted by molar-refractivity contribution is 5.95. The molecule has 0 saturated carbocycles. The van der Waals surface area contributed by atoms with Gasteiger partial charge in [0.1, 0.15) is 11.6 Å². The molecule has 0 bridgehead atoms. The summed E-state index contributed by atoms with van der Waals surface area (Å²) in [5.74, 6) is -0.324. The van der Waals surface area contributed by atoms with E-state index < -0.39 is 0 Å². The number of hydrogen-bond acceptors (Lipinski definition) is 4. The summed E-state index contributed by atoms with van der Waals surface area (Å²) >= 11 is 0. The lowest BCUT2D eigenvalue weighted by Crippen LogP contribution is -2.43. The van der Waals surface area contributed by atoms with Crippen molar-refractivity contribution in [1.82, 2.24) is 23.9 Å². The summed E-state index contributed by atoms with van der Waals surface area (Å²) in [5, 5.41) is 0. The van der Waals surface area contributed by atoms with Crippen LogP contribution in [0.1, 0.15) is 40.0 Å². The highest BCUT2D eigenvalue weighted by atomic mass is 16.2. The van der Waals surface area contributed by atoms with Gasteiger partial charge in [0.2, 0.25) is 5.91 Å². The second-order valence-electron chi connectivity index (χ2n) is 8.32. The molecule has 32 heavy (non-hydrogen) atoms. The van der Waals surface area contributed by atoms with Crippen LogP contribution in [-0.2, 0) is 24.3 Å². The van der Waals surface area contributed by atoms with Crippen LogP contribution in [-0.4, -0.2) is 56.4 Å². The van der Waals surface area contributed by atoms with Crippen LogP contribution in [0, 0.1) is 0 Å². The summed E-state index contributed by atoms with van der Waals surface area (Å²) < 4.78 is 3.35. The number of benzene rings is 1. The fourth-order valence-corrected chi connectivity index (χ4v) is 4.13. The van der Waals surface area contributed by atoms with Crippen LogP contribution in [0.25, 0.3) is 0 Å². The van der Waals surface area contributed by atoms with Crippen LogP contribution in [0.5, 0.6) is 0 Å². The number of imidazole rings is 1. The quantitative estimate of drug-likeness (QED) is 0.616. The minimum Gasteiger partial charge on any atom is -0.345 e. The Morgan fingerprint density at radius 3 is 2.59 bits per heavy atom. The molecule has 3 heterocycles. The van der Waals surface area contributed by atoms with E-state index in [0.29, 0.717) is 26.1 Å². The van der Waals surface area contributed by atoms with Crippen molar-refractivity contribution in [3.05, 3.63) is 87.9 Å². The van der Waals surface area contributed by atoms with Crippen LogP contribution in [0.15, 0.2) is 60.0 Å². The van der Waals surface area contributed by atoms with Gasteiger partial charge in [-0.3, -0.25) is 14.4 Å². The van der Waals surface area contributed by atoms with E-state index in [1.54, 1.807) is 53.0 Å². The molecule has 0 fully saturated rings. The smallest absolute Gasteiger partial charge is 0.264 e. The monoisotopic (exact) mass is 433 g/mol. The van der Waals surface area contributed by atoms with Gasteiger partial charge in [-0.05, 0) is 30.0 Å². The van der Waals surface area contributed by atoms with E-state index in [1.165, 1.54) is 4.90 Å². The normalized spacial score (nSPS) is 14.0. The van der Waals surface area contributed by atoms with E-state index in [4.69, 9.17) is 0 Å². The zero-order valence-electron chi connectivity index (χ0n) is 18.6. The van der Waals surface area contributed by atoms with Crippen molar-refractivity contribution in [2.24, 2.45) is 0 Å². The van der Waals surface area contributed by atoms with Gasteiger partial charge in [-0.2, -0.15) is 0 Å². The van der Waals surface area contributed by atoms with Crippen LogP contribution < -0.4 is 5.56 Å². The highest BCUT2D eigenvalue weighted by Gasteiger charge is 2.30. The van der Waals surface area contributed by atoms with Crippen molar-refractivity contribution in [3.8, 4) is 0 Å². The Morgan fingerprint density at radius 2 is 1.94 bits per heavy atom. The average molecular weight is 434 g/mol. The summed E-state index contributed by atoms with van der Waals surface area (Å²) in [6.07, 6.45) is 7.32. The van der Waals surface area contributed by atoms with Gasteiger partial charge >= 0.3 is 0 Å². The van der Waals surface area contributed by atoms with Crippen molar-refractivity contribution in [1.29, 1.82) is 0 Å². The molecular weight excluding hydrogens is 406 g/mol. The third-order valence-electron chi connectivity index (χ3n) is 5.93. The molecule has 4 rings (SSSR count). The Kier molecular flexibility index (Phi) is 5.94. The van der Waals surface area contributed by atoms with Crippen molar-refractivity contribution < 1.29 is 9.59 Å². The van der Waals surface area contributed by atoms with Crippen molar-refractivity contribution in [3.63, 3.8) is 0 Å². The Hall–Kier alpha value is -3.68. The first-order valence-corrected chi connectivity index (χ1v) is 10.6. The minimum atomic E-state index is -0.378. The molecule has 0 N–H and O–H groups in total. The van der Waals surface area contributed by atoms with E-state index in [-0.39, 0.29) is 29.0 Å². The van der Waals surface area contributed by atoms with E-state index in [1.807, 2.05) is 37.3 Å². The molecule has 0 radical (unpaired) electrons. The number of aromatic nitrogens is 3. The van der Waals surface area contributed by atoms with Gasteiger partial charge in [0.25, 0.3) is 11.5 Å². The summed E-state index contributed by atoms with van der Waals surface area (Å²) in [4.78, 5) is 46.6. The van der Waals surface area contributed by atoms with E-state index in [0.717, 1.165) is 16.7 Å². The van der Waals surface area contributed by atoms with Gasteiger partial charge in [-0.25, -0.2) is 4.98 Å². The zero-order chi connectivity index (χ0) is 22.8. The second-order valence-corrected chi connectivity index (χ2v) is 8.32. The third-order valence-corrected chi connectivity index (χ3v) is 5.93. The molecule has 1 aliphatic heterocycles. The van der Waals surface area contributed by atoms with E-state index in [2.05, 4.69) is 4.98 Å². The number of amides is 2. The molecule has 8 heteroatoms. The lowest BCUT2D eigenvalue weighted by molar-refractivity contribution is -0.135. The van der Waals surface area contributed by atoms with Crippen molar-refractivity contribution in [2.75, 3.05) is 20.6 Å². The molecule has 1 unspecified atom stereocenters. The molecule has 0 aliphatic carbocycles. The molecule has 2 aromatic heterocycles. The molecule has 8 nitrogen and oxygen atoms in total. The number of pyridine rings is 1. The SMILES string of the molecule is CC(C(=O)N1CCc2c(cn(Cc3ccccc3)c(=O)c2C(=O)N(C)C)C1)n1ccnc1. The molecule has 0 saturated heterocycles. The first kappa shape index (κ1) is 21.5. The fraction of sp³-hybridized carbons (Fsp3) is 0.333. The topological polar surface area (TPSA) is 80.4 Å². The first-order chi connectivity index (χ1) is 15.4. The largest absolute Gasteiger partial charge is 0.345 e. The lowest BCUT2D eigenvalue weighted by atomic mass is 9.95. The van der Waals surface area contributed by atoms with E-state index >= 15 is 0 Å². The predicted molar refractivity (Wildman–Crippen MR) is 120 cm³/mol. The van der Waals surface area contributed by atoms with Crippen molar-refractivity contribution in [2.45, 2.75) is 32.5 Å². The number of fused-ring (bicyclic) bond motifs is 1. The predicted octanol–water partition coefficient (Wildman–Crippen LogP) is 1.94. The van der Waals surface area contributed by atoms with Gasteiger partial charge in [0.15, 0.2) is 0 Å². The Labute approximate surface area is 186 Å². The molecular formula is C24H27N5O3. The standard InChI is InChI=1S/C24H27N5O3/c1-17(28-12-10-25-16-28)22(30)27-11-9-20-19(14-27)15-29(13-18-7-5-4-6-8-18)24(32)21(20)23(31)26(2)3/h4-8,10,12,15-17H,9,11,13-14H2,1-3H3. The van der Waals surface area contributed by atoms with Crippen LogP contribution in [0.2, 0.25) is 0 Å². The summed E-state index contributed by atoms with van der Waals surface area (Å²) in [6.45, 7) is 3.02. The van der Waals surface area contributed by atoms with Gasteiger partial charge in [0, 0.05) is 45.8 Å². The average Bonchev–Trinajstić information content (AvgIpc) is 3.33. The molecule has 166 valence electrons. The maximum Gasteiger partial charge on any atom is 0.264 e. The van der Waals surface area contributed by atoms with Crippen LogP contribution in [0.4, 0.5) is 0 Å². The van der Waals surface area contributed by atoms with Gasteiger partial charge in [0.05, 0.1) is 12.9 Å². The lowest BCUT2D eigenvalue weighted by Gasteiger charge is -2.32.